The van der Waals surface area contributed by atoms with E-state index in [4.69, 9.17) is 0 Å². The molecule has 0 aliphatic carbocycles. The van der Waals surface area contributed by atoms with Crippen molar-refractivity contribution in [2.75, 3.05) is 27.7 Å². The molecule has 0 N–H and O–H groups in total. The van der Waals surface area contributed by atoms with Crippen LogP contribution in [0.1, 0.15) is 27.9 Å². The molecule has 25 heavy (non-hydrogen) atoms. The van der Waals surface area contributed by atoms with Crippen molar-refractivity contribution < 1.29 is 9.59 Å². The summed E-state index contributed by atoms with van der Waals surface area (Å²) in [6, 6.07) is 11.4. The van der Waals surface area contributed by atoms with Crippen LogP contribution in [0, 0.1) is 0 Å². The highest BCUT2D eigenvalue weighted by Crippen LogP contribution is 2.09. The van der Waals surface area contributed by atoms with Crippen molar-refractivity contribution in [2.24, 2.45) is 0 Å². The van der Waals surface area contributed by atoms with E-state index in [9.17, 15) is 9.59 Å². The molecule has 2 aromatic rings. The summed E-state index contributed by atoms with van der Waals surface area (Å²) in [5, 5.41) is 0. The number of amides is 2. The zero-order valence-electron chi connectivity index (χ0n) is 15.1. The fourth-order valence-corrected chi connectivity index (χ4v) is 2.49. The average molecular weight is 339 g/mol. The van der Waals surface area contributed by atoms with Gasteiger partial charge in [-0.2, -0.15) is 0 Å². The SMILES string of the molecule is CN(C)C(=O)c1ccc(CCC(=O)N(C)CCc2ccncc2)cc1. The van der Waals surface area contributed by atoms with Crippen LogP contribution in [0.25, 0.3) is 0 Å². The first-order valence-corrected chi connectivity index (χ1v) is 8.41. The van der Waals surface area contributed by atoms with Gasteiger partial charge >= 0.3 is 0 Å². The van der Waals surface area contributed by atoms with Crippen LogP contribution in [0.4, 0.5) is 0 Å². The first-order chi connectivity index (χ1) is 12.0. The largest absolute Gasteiger partial charge is 0.345 e. The minimum absolute atomic E-state index is 0.0153. The third-order valence-electron chi connectivity index (χ3n) is 4.15. The number of likely N-dealkylation sites (N-methyl/N-ethyl adjacent to an activating group) is 1. The van der Waals surface area contributed by atoms with Crippen molar-refractivity contribution >= 4 is 11.8 Å². The molecule has 0 aliphatic heterocycles. The molecular formula is C20H25N3O2. The maximum Gasteiger partial charge on any atom is 0.253 e. The highest BCUT2D eigenvalue weighted by atomic mass is 16.2. The molecule has 0 aliphatic rings. The summed E-state index contributed by atoms with van der Waals surface area (Å²) in [6.45, 7) is 0.694. The maximum atomic E-state index is 12.3. The number of benzene rings is 1. The highest BCUT2D eigenvalue weighted by molar-refractivity contribution is 5.93. The molecule has 5 heteroatoms. The number of carbonyl (C=O) groups is 2. The van der Waals surface area contributed by atoms with Crippen molar-refractivity contribution in [3.8, 4) is 0 Å². The minimum atomic E-state index is -0.0153. The molecule has 0 atom stereocenters. The van der Waals surface area contributed by atoms with Crippen LogP contribution >= 0.6 is 0 Å². The fourth-order valence-electron chi connectivity index (χ4n) is 2.49. The number of hydrogen-bond donors (Lipinski definition) is 0. The van der Waals surface area contributed by atoms with Gasteiger partial charge in [0.2, 0.25) is 5.91 Å². The zero-order chi connectivity index (χ0) is 18.2. The van der Waals surface area contributed by atoms with Crippen molar-refractivity contribution in [1.29, 1.82) is 0 Å². The second kappa shape index (κ2) is 8.97. The Labute approximate surface area is 149 Å². The predicted molar refractivity (Wildman–Crippen MR) is 98.4 cm³/mol. The zero-order valence-corrected chi connectivity index (χ0v) is 15.1. The third-order valence-corrected chi connectivity index (χ3v) is 4.15. The first-order valence-electron chi connectivity index (χ1n) is 8.41. The van der Waals surface area contributed by atoms with Gasteiger partial charge in [0.15, 0.2) is 0 Å². The summed E-state index contributed by atoms with van der Waals surface area (Å²) in [5.41, 5.74) is 2.90. The molecule has 132 valence electrons. The summed E-state index contributed by atoms with van der Waals surface area (Å²) in [7, 11) is 5.30. The molecule has 2 amide bonds. The Morgan fingerprint density at radius 3 is 2.08 bits per heavy atom. The molecular weight excluding hydrogens is 314 g/mol. The number of hydrogen-bond acceptors (Lipinski definition) is 3. The Bertz CT molecular complexity index is 697. The van der Waals surface area contributed by atoms with Crippen LogP contribution < -0.4 is 0 Å². The topological polar surface area (TPSA) is 53.5 Å². The molecule has 0 radical (unpaired) electrons. The van der Waals surface area contributed by atoms with Crippen LogP contribution in [0.5, 0.6) is 0 Å². The molecule has 1 aromatic heterocycles. The van der Waals surface area contributed by atoms with Gasteiger partial charge in [-0.15, -0.1) is 0 Å². The van der Waals surface area contributed by atoms with Crippen LogP contribution in [0.2, 0.25) is 0 Å². The Morgan fingerprint density at radius 1 is 0.880 bits per heavy atom. The first kappa shape index (κ1) is 18.6. The lowest BCUT2D eigenvalue weighted by molar-refractivity contribution is -0.129. The fraction of sp³-hybridized carbons (Fsp3) is 0.350. The van der Waals surface area contributed by atoms with E-state index in [0.717, 1.165) is 12.0 Å². The normalized spacial score (nSPS) is 10.4. The van der Waals surface area contributed by atoms with Gasteiger partial charge in [0.25, 0.3) is 5.91 Å². The number of rotatable bonds is 7. The summed E-state index contributed by atoms with van der Waals surface area (Å²) in [4.78, 5) is 31.4. The van der Waals surface area contributed by atoms with Crippen LogP contribution in [-0.2, 0) is 17.6 Å². The summed E-state index contributed by atoms with van der Waals surface area (Å²) in [5.74, 6) is 0.112. The Kier molecular flexibility index (Phi) is 6.69. The van der Waals surface area contributed by atoms with E-state index in [1.165, 1.54) is 5.56 Å². The highest BCUT2D eigenvalue weighted by Gasteiger charge is 2.10. The molecule has 0 fully saturated rings. The number of pyridine rings is 1. The molecule has 0 bridgehead atoms. The van der Waals surface area contributed by atoms with E-state index in [0.29, 0.717) is 24.9 Å². The van der Waals surface area contributed by atoms with Gasteiger partial charge in [0, 0.05) is 52.1 Å². The molecule has 1 aromatic carbocycles. The second-order valence-corrected chi connectivity index (χ2v) is 6.32. The third kappa shape index (κ3) is 5.71. The van der Waals surface area contributed by atoms with Crippen LogP contribution in [-0.4, -0.2) is 54.3 Å². The lowest BCUT2D eigenvalue weighted by Crippen LogP contribution is -2.29. The Hall–Kier alpha value is -2.69. The smallest absolute Gasteiger partial charge is 0.253 e. The van der Waals surface area contributed by atoms with Crippen molar-refractivity contribution in [3.05, 3.63) is 65.5 Å². The van der Waals surface area contributed by atoms with Crippen LogP contribution in [0.3, 0.4) is 0 Å². The standard InChI is InChI=1S/C20H25N3O2/c1-22(2)20(25)18-7-4-16(5-8-18)6-9-19(24)23(3)15-12-17-10-13-21-14-11-17/h4-5,7-8,10-11,13-14H,6,9,12,15H2,1-3H3. The van der Waals surface area contributed by atoms with Gasteiger partial charge in [0.1, 0.15) is 0 Å². The molecule has 0 spiro atoms. The molecule has 0 unspecified atom stereocenters. The van der Waals surface area contributed by atoms with Gasteiger partial charge in [-0.3, -0.25) is 14.6 Å². The molecule has 2 rings (SSSR count). The number of carbonyl (C=O) groups excluding carboxylic acids is 2. The molecule has 0 saturated carbocycles. The predicted octanol–water partition coefficient (Wildman–Crippen LogP) is 2.42. The van der Waals surface area contributed by atoms with Gasteiger partial charge in [-0.1, -0.05) is 12.1 Å². The monoisotopic (exact) mass is 339 g/mol. The van der Waals surface area contributed by atoms with E-state index in [-0.39, 0.29) is 11.8 Å². The van der Waals surface area contributed by atoms with E-state index in [1.54, 1.807) is 36.3 Å². The lowest BCUT2D eigenvalue weighted by Gasteiger charge is -2.17. The van der Waals surface area contributed by atoms with E-state index >= 15 is 0 Å². The number of aryl methyl sites for hydroxylation is 1. The molecule has 5 nitrogen and oxygen atoms in total. The van der Waals surface area contributed by atoms with Crippen molar-refractivity contribution in [2.45, 2.75) is 19.3 Å². The van der Waals surface area contributed by atoms with Gasteiger partial charge < -0.3 is 9.80 Å². The molecule has 0 saturated heterocycles. The average Bonchev–Trinajstić information content (AvgIpc) is 2.64. The molecule has 1 heterocycles. The lowest BCUT2D eigenvalue weighted by atomic mass is 10.1. The summed E-state index contributed by atoms with van der Waals surface area (Å²) < 4.78 is 0. The van der Waals surface area contributed by atoms with Gasteiger partial charge in [0.05, 0.1) is 0 Å². The van der Waals surface area contributed by atoms with Crippen LogP contribution in [0.15, 0.2) is 48.8 Å². The summed E-state index contributed by atoms with van der Waals surface area (Å²) >= 11 is 0. The second-order valence-electron chi connectivity index (χ2n) is 6.32. The van der Waals surface area contributed by atoms with Gasteiger partial charge in [-0.25, -0.2) is 0 Å². The Balaban J connectivity index is 1.80. The number of nitrogens with zero attached hydrogens (tertiary/aromatic N) is 3. The maximum absolute atomic E-state index is 12.3. The number of aromatic nitrogens is 1. The Morgan fingerprint density at radius 2 is 1.48 bits per heavy atom. The van der Waals surface area contributed by atoms with E-state index < -0.39 is 0 Å². The van der Waals surface area contributed by atoms with E-state index in [2.05, 4.69) is 4.98 Å². The van der Waals surface area contributed by atoms with Gasteiger partial charge in [-0.05, 0) is 48.2 Å². The van der Waals surface area contributed by atoms with Crippen molar-refractivity contribution in [3.63, 3.8) is 0 Å². The quantitative estimate of drug-likeness (QED) is 0.778. The minimum Gasteiger partial charge on any atom is -0.345 e. The van der Waals surface area contributed by atoms with Crippen molar-refractivity contribution in [1.82, 2.24) is 14.8 Å². The van der Waals surface area contributed by atoms with E-state index in [1.807, 2.05) is 43.4 Å². The summed E-state index contributed by atoms with van der Waals surface area (Å²) in [6.07, 6.45) is 5.50.